The first kappa shape index (κ1) is 15.9. The number of hydrogen-bond donors (Lipinski definition) is 1. The van der Waals surface area contributed by atoms with E-state index in [4.69, 9.17) is 4.74 Å². The minimum Gasteiger partial charge on any atom is -0.468 e. The van der Waals surface area contributed by atoms with Crippen LogP contribution in [-0.4, -0.2) is 57.9 Å². The Balaban J connectivity index is 1.82. The number of esters is 1. The number of carbonyl (C=O) groups is 1. The summed E-state index contributed by atoms with van der Waals surface area (Å²) in [4.78, 5) is 14.3. The van der Waals surface area contributed by atoms with Crippen LogP contribution in [0, 0.1) is 0 Å². The van der Waals surface area contributed by atoms with E-state index < -0.39 is 5.54 Å². The van der Waals surface area contributed by atoms with Gasteiger partial charge in [0, 0.05) is 13.1 Å². The van der Waals surface area contributed by atoms with Gasteiger partial charge < -0.3 is 14.6 Å². The molecule has 1 N–H and O–H groups in total. The first-order valence-electron chi connectivity index (χ1n) is 7.51. The van der Waals surface area contributed by atoms with Gasteiger partial charge >= 0.3 is 5.97 Å². The molecule has 2 rings (SSSR count). The van der Waals surface area contributed by atoms with E-state index in [1.807, 2.05) is 13.8 Å². The van der Waals surface area contributed by atoms with Gasteiger partial charge in [0.25, 0.3) is 0 Å². The predicted molar refractivity (Wildman–Crippen MR) is 78.6 cm³/mol. The number of likely N-dealkylation sites (N-methyl/N-ethyl adjacent to an activating group) is 1. The third-order valence-electron chi connectivity index (χ3n) is 4.07. The van der Waals surface area contributed by atoms with Gasteiger partial charge in [0.1, 0.15) is 17.7 Å². The van der Waals surface area contributed by atoms with Crippen molar-refractivity contribution in [3.63, 3.8) is 0 Å². The van der Waals surface area contributed by atoms with Crippen molar-refractivity contribution in [2.45, 2.75) is 45.3 Å². The zero-order chi connectivity index (χ0) is 15.3. The topological polar surface area (TPSA) is 72.3 Å². The van der Waals surface area contributed by atoms with Crippen LogP contribution in [0.15, 0.2) is 6.33 Å². The maximum absolute atomic E-state index is 11.9. The van der Waals surface area contributed by atoms with Crippen LogP contribution in [0.1, 0.15) is 32.5 Å². The molecule has 0 aliphatic carbocycles. The summed E-state index contributed by atoms with van der Waals surface area (Å²) in [7, 11) is 1.44. The van der Waals surface area contributed by atoms with Gasteiger partial charge in [0.05, 0.1) is 13.7 Å². The molecular weight excluding hydrogens is 270 g/mol. The Hall–Kier alpha value is -1.47. The Morgan fingerprint density at radius 1 is 1.52 bits per heavy atom. The molecule has 0 aromatic carbocycles. The highest BCUT2D eigenvalue weighted by atomic mass is 16.5. The van der Waals surface area contributed by atoms with Crippen molar-refractivity contribution >= 4 is 5.97 Å². The van der Waals surface area contributed by atoms with Crippen LogP contribution in [0.2, 0.25) is 0 Å². The predicted octanol–water partition coefficient (Wildman–Crippen LogP) is 0.415. The van der Waals surface area contributed by atoms with Crippen molar-refractivity contribution in [3.05, 3.63) is 12.2 Å². The summed E-state index contributed by atoms with van der Waals surface area (Å²) >= 11 is 0. The normalized spacial score (nSPS) is 18.0. The fraction of sp³-hybridized carbons (Fsp3) is 0.786. The van der Waals surface area contributed by atoms with Crippen LogP contribution in [0.3, 0.4) is 0 Å². The molecular formula is C14H25N5O2. The van der Waals surface area contributed by atoms with Crippen molar-refractivity contribution in [2.75, 3.05) is 26.7 Å². The quantitative estimate of drug-likeness (QED) is 0.735. The van der Waals surface area contributed by atoms with Crippen LogP contribution in [-0.2, 0) is 22.6 Å². The van der Waals surface area contributed by atoms with E-state index in [0.717, 1.165) is 51.4 Å². The molecule has 1 aliphatic heterocycles. The molecule has 1 unspecified atom stereocenters. The monoisotopic (exact) mass is 295 g/mol. The Morgan fingerprint density at radius 3 is 3.05 bits per heavy atom. The van der Waals surface area contributed by atoms with E-state index in [9.17, 15) is 4.79 Å². The molecule has 118 valence electrons. The maximum Gasteiger partial charge on any atom is 0.325 e. The first-order valence-corrected chi connectivity index (χ1v) is 7.51. The standard InChI is InChI=1S/C14H25N5O2/c1-4-15-14(2,13(20)21-3)6-5-7-18-8-9-19-11-16-17-12(19)10-18/h11,15H,4-10H2,1-3H3. The fourth-order valence-electron chi connectivity index (χ4n) is 2.84. The van der Waals surface area contributed by atoms with Gasteiger partial charge in [-0.15, -0.1) is 10.2 Å². The molecule has 7 heteroatoms. The van der Waals surface area contributed by atoms with E-state index in [-0.39, 0.29) is 5.97 Å². The van der Waals surface area contributed by atoms with Crippen LogP contribution in [0.5, 0.6) is 0 Å². The van der Waals surface area contributed by atoms with Crippen molar-refractivity contribution in [1.82, 2.24) is 25.0 Å². The van der Waals surface area contributed by atoms with E-state index >= 15 is 0 Å². The molecule has 0 spiro atoms. The second kappa shape index (κ2) is 7.00. The molecule has 0 saturated heterocycles. The molecule has 21 heavy (non-hydrogen) atoms. The van der Waals surface area contributed by atoms with Crippen LogP contribution in [0.4, 0.5) is 0 Å². The van der Waals surface area contributed by atoms with Crippen molar-refractivity contribution in [3.8, 4) is 0 Å². The van der Waals surface area contributed by atoms with Gasteiger partial charge in [0.15, 0.2) is 0 Å². The number of rotatable bonds is 7. The van der Waals surface area contributed by atoms with Gasteiger partial charge in [-0.3, -0.25) is 9.69 Å². The molecule has 7 nitrogen and oxygen atoms in total. The van der Waals surface area contributed by atoms with Gasteiger partial charge in [-0.1, -0.05) is 6.92 Å². The SMILES string of the molecule is CCNC(C)(CCCN1CCn2cnnc2C1)C(=O)OC. The first-order chi connectivity index (χ1) is 10.1. The summed E-state index contributed by atoms with van der Waals surface area (Å²) in [6.07, 6.45) is 3.48. The zero-order valence-corrected chi connectivity index (χ0v) is 13.1. The summed E-state index contributed by atoms with van der Waals surface area (Å²) in [5, 5.41) is 11.3. The average molecular weight is 295 g/mol. The largest absolute Gasteiger partial charge is 0.468 e. The van der Waals surface area contributed by atoms with Crippen molar-refractivity contribution in [2.24, 2.45) is 0 Å². The highest BCUT2D eigenvalue weighted by Crippen LogP contribution is 2.16. The summed E-state index contributed by atoms with van der Waals surface area (Å²) in [5.41, 5.74) is -0.598. The van der Waals surface area contributed by atoms with Crippen molar-refractivity contribution in [1.29, 1.82) is 0 Å². The van der Waals surface area contributed by atoms with Gasteiger partial charge in [-0.25, -0.2) is 0 Å². The van der Waals surface area contributed by atoms with Crippen LogP contribution in [0.25, 0.3) is 0 Å². The summed E-state index contributed by atoms with van der Waals surface area (Å²) < 4.78 is 7.00. The molecule has 0 radical (unpaired) electrons. The molecule has 1 atom stereocenters. The van der Waals surface area contributed by atoms with Gasteiger partial charge in [-0.05, 0) is 32.9 Å². The average Bonchev–Trinajstić information content (AvgIpc) is 2.94. The Kier molecular flexibility index (Phi) is 5.30. The minimum absolute atomic E-state index is 0.192. The second-order valence-corrected chi connectivity index (χ2v) is 5.67. The molecule has 1 aromatic heterocycles. The molecule has 2 heterocycles. The number of methoxy groups -OCH3 is 1. The van der Waals surface area contributed by atoms with Gasteiger partial charge in [-0.2, -0.15) is 0 Å². The third kappa shape index (κ3) is 3.79. The number of ether oxygens (including phenoxy) is 1. The highest BCUT2D eigenvalue weighted by Gasteiger charge is 2.33. The molecule has 0 saturated carbocycles. The molecule has 1 aliphatic rings. The summed E-state index contributed by atoms with van der Waals surface area (Å²) in [6, 6.07) is 0. The summed E-state index contributed by atoms with van der Waals surface area (Å²) in [6.45, 7) is 8.37. The molecule has 0 fully saturated rings. The lowest BCUT2D eigenvalue weighted by atomic mass is 9.95. The number of nitrogens with one attached hydrogen (secondary N) is 1. The smallest absolute Gasteiger partial charge is 0.325 e. The lowest BCUT2D eigenvalue weighted by molar-refractivity contribution is -0.148. The number of nitrogens with zero attached hydrogens (tertiary/aromatic N) is 4. The minimum atomic E-state index is -0.598. The maximum atomic E-state index is 11.9. The highest BCUT2D eigenvalue weighted by molar-refractivity contribution is 5.80. The number of aromatic nitrogens is 3. The molecule has 0 bridgehead atoms. The van der Waals surface area contributed by atoms with E-state index in [1.165, 1.54) is 7.11 Å². The van der Waals surface area contributed by atoms with E-state index in [0.29, 0.717) is 0 Å². The number of fused-ring (bicyclic) bond motifs is 1. The molecule has 0 amide bonds. The Bertz CT molecular complexity index is 476. The van der Waals surface area contributed by atoms with Gasteiger partial charge in [0.2, 0.25) is 0 Å². The Morgan fingerprint density at radius 2 is 2.33 bits per heavy atom. The third-order valence-corrected chi connectivity index (χ3v) is 4.07. The Labute approximate surface area is 125 Å². The number of carbonyl (C=O) groups excluding carboxylic acids is 1. The van der Waals surface area contributed by atoms with Crippen LogP contribution < -0.4 is 5.32 Å². The fourth-order valence-corrected chi connectivity index (χ4v) is 2.84. The second-order valence-electron chi connectivity index (χ2n) is 5.67. The van der Waals surface area contributed by atoms with Crippen molar-refractivity contribution < 1.29 is 9.53 Å². The van der Waals surface area contributed by atoms with Crippen LogP contribution >= 0.6 is 0 Å². The number of hydrogen-bond acceptors (Lipinski definition) is 6. The summed E-state index contributed by atoms with van der Waals surface area (Å²) in [5.74, 6) is 0.825. The lowest BCUT2D eigenvalue weighted by Crippen LogP contribution is -2.50. The van der Waals surface area contributed by atoms with E-state index in [1.54, 1.807) is 6.33 Å². The van der Waals surface area contributed by atoms with E-state index in [2.05, 4.69) is 25.0 Å². The zero-order valence-electron chi connectivity index (χ0n) is 13.1. The molecule has 1 aromatic rings. The lowest BCUT2D eigenvalue weighted by Gasteiger charge is -2.30.